The minimum absolute atomic E-state index is 0.262. The van der Waals surface area contributed by atoms with Gasteiger partial charge in [0.1, 0.15) is 11.6 Å². The van der Waals surface area contributed by atoms with Crippen LogP contribution in [0.1, 0.15) is 11.1 Å². The molecule has 0 aliphatic carbocycles. The van der Waals surface area contributed by atoms with Gasteiger partial charge >= 0.3 is 6.36 Å². The Hall–Kier alpha value is -2.24. The van der Waals surface area contributed by atoms with Crippen molar-refractivity contribution in [3.8, 4) is 5.75 Å². The highest BCUT2D eigenvalue weighted by Crippen LogP contribution is 2.23. The van der Waals surface area contributed by atoms with Gasteiger partial charge in [-0.15, -0.1) is 13.2 Å². The molecule has 21 heavy (non-hydrogen) atoms. The molecule has 6 heteroatoms. The Morgan fingerprint density at radius 2 is 1.86 bits per heavy atom. The molecule has 2 aromatic carbocycles. The number of rotatable bonds is 4. The molecule has 0 aromatic heterocycles. The average Bonchev–Trinajstić information content (AvgIpc) is 2.33. The van der Waals surface area contributed by atoms with Gasteiger partial charge in [0, 0.05) is 12.2 Å². The van der Waals surface area contributed by atoms with Crippen LogP contribution in [0.25, 0.3) is 0 Å². The number of anilines is 1. The fourth-order valence-electron chi connectivity index (χ4n) is 1.90. The van der Waals surface area contributed by atoms with E-state index in [4.69, 9.17) is 0 Å². The predicted octanol–water partition coefficient (Wildman–Crippen LogP) is 4.64. The summed E-state index contributed by atoms with van der Waals surface area (Å²) in [7, 11) is 0. The van der Waals surface area contributed by atoms with E-state index >= 15 is 0 Å². The molecule has 1 N–H and O–H groups in total. The van der Waals surface area contributed by atoms with Crippen molar-refractivity contribution in [1.29, 1.82) is 0 Å². The topological polar surface area (TPSA) is 21.3 Å². The molecular weight excluding hydrogens is 286 g/mol. The Kier molecular flexibility index (Phi) is 4.35. The van der Waals surface area contributed by atoms with Gasteiger partial charge in [-0.1, -0.05) is 12.1 Å². The highest BCUT2D eigenvalue weighted by molar-refractivity contribution is 5.46. The molecule has 0 bridgehead atoms. The molecule has 2 rings (SSSR count). The van der Waals surface area contributed by atoms with E-state index in [1.807, 2.05) is 0 Å². The van der Waals surface area contributed by atoms with E-state index < -0.39 is 6.36 Å². The van der Waals surface area contributed by atoms with Crippen molar-refractivity contribution >= 4 is 5.69 Å². The fraction of sp³-hybridized carbons (Fsp3) is 0.200. The Bertz CT molecular complexity index is 605. The minimum Gasteiger partial charge on any atom is -0.406 e. The van der Waals surface area contributed by atoms with Gasteiger partial charge in [-0.3, -0.25) is 0 Å². The molecule has 0 saturated heterocycles. The van der Waals surface area contributed by atoms with Gasteiger partial charge in [0.15, 0.2) is 0 Å². The lowest BCUT2D eigenvalue weighted by molar-refractivity contribution is -0.274. The maximum absolute atomic E-state index is 13.2. The maximum Gasteiger partial charge on any atom is 0.573 e. The molecule has 2 nitrogen and oxygen atoms in total. The Morgan fingerprint density at radius 3 is 2.52 bits per heavy atom. The predicted molar refractivity (Wildman–Crippen MR) is 71.6 cm³/mol. The summed E-state index contributed by atoms with van der Waals surface area (Å²) in [5.74, 6) is -0.649. The monoisotopic (exact) mass is 299 g/mol. The second-order valence-corrected chi connectivity index (χ2v) is 4.57. The number of hydrogen-bond acceptors (Lipinski definition) is 2. The van der Waals surface area contributed by atoms with Crippen LogP contribution < -0.4 is 10.1 Å². The van der Waals surface area contributed by atoms with Crippen molar-refractivity contribution in [3.63, 3.8) is 0 Å². The first-order valence-corrected chi connectivity index (χ1v) is 6.17. The van der Waals surface area contributed by atoms with Crippen molar-refractivity contribution in [1.82, 2.24) is 0 Å². The van der Waals surface area contributed by atoms with Gasteiger partial charge in [0.2, 0.25) is 0 Å². The van der Waals surface area contributed by atoms with E-state index in [-0.39, 0.29) is 18.1 Å². The highest BCUT2D eigenvalue weighted by atomic mass is 19.4. The quantitative estimate of drug-likeness (QED) is 0.830. The molecular formula is C15H13F4NO. The van der Waals surface area contributed by atoms with Crippen LogP contribution in [0.5, 0.6) is 5.75 Å². The van der Waals surface area contributed by atoms with Gasteiger partial charge < -0.3 is 10.1 Å². The third-order valence-electron chi connectivity index (χ3n) is 2.67. The molecule has 0 fully saturated rings. The largest absolute Gasteiger partial charge is 0.573 e. The Labute approximate surface area is 119 Å². The molecule has 0 atom stereocenters. The Balaban J connectivity index is 2.04. The van der Waals surface area contributed by atoms with Crippen LogP contribution in [0.2, 0.25) is 0 Å². The number of aryl methyl sites for hydroxylation is 1. The summed E-state index contributed by atoms with van der Waals surface area (Å²) in [6.45, 7) is 2.02. The van der Waals surface area contributed by atoms with Crippen LogP contribution in [-0.2, 0) is 6.54 Å². The number of ether oxygens (including phenoxy) is 1. The van der Waals surface area contributed by atoms with Crippen LogP contribution in [-0.4, -0.2) is 6.36 Å². The van der Waals surface area contributed by atoms with E-state index in [9.17, 15) is 17.6 Å². The fourth-order valence-corrected chi connectivity index (χ4v) is 1.90. The highest BCUT2D eigenvalue weighted by Gasteiger charge is 2.31. The van der Waals surface area contributed by atoms with Crippen molar-refractivity contribution in [2.45, 2.75) is 19.8 Å². The smallest absolute Gasteiger partial charge is 0.406 e. The van der Waals surface area contributed by atoms with Crippen LogP contribution in [0.4, 0.5) is 23.2 Å². The average molecular weight is 299 g/mol. The third kappa shape index (κ3) is 4.98. The zero-order chi connectivity index (χ0) is 15.5. The molecule has 0 radical (unpaired) electrons. The van der Waals surface area contributed by atoms with E-state index in [2.05, 4.69) is 10.1 Å². The Morgan fingerprint density at radius 1 is 1.10 bits per heavy atom. The SMILES string of the molecule is Cc1cc(F)cc(NCc2cccc(OC(F)(F)F)c2)c1. The van der Waals surface area contributed by atoms with E-state index in [0.717, 1.165) is 5.56 Å². The summed E-state index contributed by atoms with van der Waals surface area (Å²) < 4.78 is 53.5. The van der Waals surface area contributed by atoms with Crippen LogP contribution in [0, 0.1) is 12.7 Å². The summed E-state index contributed by atoms with van der Waals surface area (Å²) in [6.07, 6.45) is -4.72. The van der Waals surface area contributed by atoms with E-state index in [1.54, 1.807) is 19.1 Å². The lowest BCUT2D eigenvalue weighted by Gasteiger charge is -2.11. The van der Waals surface area contributed by atoms with Crippen molar-refractivity contribution in [2.75, 3.05) is 5.32 Å². The van der Waals surface area contributed by atoms with Crippen molar-refractivity contribution in [2.24, 2.45) is 0 Å². The minimum atomic E-state index is -4.72. The number of nitrogens with one attached hydrogen (secondary N) is 1. The van der Waals surface area contributed by atoms with Gasteiger partial charge in [-0.05, 0) is 48.4 Å². The normalized spacial score (nSPS) is 11.3. The molecule has 0 spiro atoms. The van der Waals surface area contributed by atoms with Gasteiger partial charge in [0.25, 0.3) is 0 Å². The summed E-state index contributed by atoms with van der Waals surface area (Å²) >= 11 is 0. The summed E-state index contributed by atoms with van der Waals surface area (Å²) in [5, 5.41) is 2.96. The van der Waals surface area contributed by atoms with Crippen molar-refractivity contribution in [3.05, 3.63) is 59.4 Å². The first kappa shape index (κ1) is 15.2. The van der Waals surface area contributed by atoms with Gasteiger partial charge in [0.05, 0.1) is 0 Å². The van der Waals surface area contributed by atoms with Crippen LogP contribution in [0.15, 0.2) is 42.5 Å². The van der Waals surface area contributed by atoms with Crippen molar-refractivity contribution < 1.29 is 22.3 Å². The first-order chi connectivity index (χ1) is 9.82. The van der Waals surface area contributed by atoms with E-state index in [1.165, 1.54) is 30.3 Å². The molecule has 0 aliphatic rings. The molecule has 0 amide bonds. The maximum atomic E-state index is 13.2. The number of halogens is 4. The zero-order valence-corrected chi connectivity index (χ0v) is 11.2. The first-order valence-electron chi connectivity index (χ1n) is 6.17. The zero-order valence-electron chi connectivity index (χ0n) is 11.2. The molecule has 0 heterocycles. The molecule has 0 saturated carbocycles. The summed E-state index contributed by atoms with van der Waals surface area (Å²) in [5.41, 5.74) is 1.92. The standard InChI is InChI=1S/C15H13F4NO/c1-10-5-12(16)8-13(6-10)20-9-11-3-2-4-14(7-11)21-15(17,18)19/h2-8,20H,9H2,1H3. The molecule has 0 unspecified atom stereocenters. The number of hydrogen-bond donors (Lipinski definition) is 1. The second kappa shape index (κ2) is 6.03. The van der Waals surface area contributed by atoms with Gasteiger partial charge in [-0.25, -0.2) is 4.39 Å². The number of alkyl halides is 3. The van der Waals surface area contributed by atoms with Crippen LogP contribution >= 0.6 is 0 Å². The lowest BCUT2D eigenvalue weighted by atomic mass is 10.2. The van der Waals surface area contributed by atoms with Gasteiger partial charge in [-0.2, -0.15) is 0 Å². The van der Waals surface area contributed by atoms with E-state index in [0.29, 0.717) is 11.3 Å². The lowest BCUT2D eigenvalue weighted by Crippen LogP contribution is -2.17. The summed E-state index contributed by atoms with van der Waals surface area (Å²) in [6, 6.07) is 10.1. The molecule has 0 aliphatic heterocycles. The van der Waals surface area contributed by atoms with Crippen LogP contribution in [0.3, 0.4) is 0 Å². The second-order valence-electron chi connectivity index (χ2n) is 4.57. The summed E-state index contributed by atoms with van der Waals surface area (Å²) in [4.78, 5) is 0. The molecule has 112 valence electrons. The number of benzene rings is 2. The third-order valence-corrected chi connectivity index (χ3v) is 2.67. The molecule has 2 aromatic rings.